The van der Waals surface area contributed by atoms with Gasteiger partial charge in [0.1, 0.15) is 0 Å². The Labute approximate surface area is 125 Å². The summed E-state index contributed by atoms with van der Waals surface area (Å²) in [5.41, 5.74) is 0. The molecule has 2 radical (unpaired) electrons. The van der Waals surface area contributed by atoms with Crippen LogP contribution in [-0.4, -0.2) is 50.9 Å². The predicted molar refractivity (Wildman–Crippen MR) is 88.8 cm³/mol. The third-order valence-electron chi connectivity index (χ3n) is 0. The molecule has 0 aliphatic heterocycles. The van der Waals surface area contributed by atoms with Crippen LogP contribution in [0.2, 0.25) is 58.9 Å². The van der Waals surface area contributed by atoms with Gasteiger partial charge in [0.15, 0.2) is 0 Å². The molecule has 0 spiro atoms. The monoisotopic (exact) mass is 473 g/mol. The van der Waals surface area contributed by atoms with Crippen molar-refractivity contribution in [3.05, 3.63) is 16.2 Å². The molecule has 7 heteroatoms. The zero-order valence-electron chi connectivity index (χ0n) is 12.4. The SMILES string of the molecule is C[Si](C)(C)[NH-].C[Si](C)(C)[NH-].C[Si](C)(C)[NH-].[Bi+3]. The van der Waals surface area contributed by atoms with E-state index in [-0.39, 0.29) is 26.2 Å². The normalized spacial score (nSPS) is 11.2. The Morgan fingerprint density at radius 2 is 0.438 bits per heavy atom. The molecule has 0 fully saturated rings. The van der Waals surface area contributed by atoms with Crippen molar-refractivity contribution in [3.8, 4) is 0 Å². The number of nitrogens with one attached hydrogen (secondary N) is 3. The molecular weight excluding hydrogens is 443 g/mol. The zero-order valence-corrected chi connectivity index (χ0v) is 18.9. The molecular formula is C9H30BiN3Si3. The molecule has 0 aliphatic carbocycles. The molecule has 0 aromatic carbocycles. The van der Waals surface area contributed by atoms with Crippen molar-refractivity contribution in [1.82, 2.24) is 0 Å². The van der Waals surface area contributed by atoms with Gasteiger partial charge in [-0.1, -0.05) is 83.6 Å². The first-order valence-electron chi connectivity index (χ1n) is 5.25. The Balaban J connectivity index is -0.0000000655. The van der Waals surface area contributed by atoms with Crippen molar-refractivity contribution in [2.24, 2.45) is 0 Å². The van der Waals surface area contributed by atoms with Crippen LogP contribution in [0.5, 0.6) is 0 Å². The summed E-state index contributed by atoms with van der Waals surface area (Å²) in [6, 6.07) is 0. The first-order chi connectivity index (χ1) is 6.00. The average Bonchev–Trinajstić information content (AvgIpc) is 1.41. The molecule has 16 heavy (non-hydrogen) atoms. The van der Waals surface area contributed by atoms with E-state index in [0.717, 1.165) is 0 Å². The smallest absolute Gasteiger partial charge is 0.680 e. The van der Waals surface area contributed by atoms with Crippen molar-refractivity contribution in [2.75, 3.05) is 0 Å². The molecule has 0 bridgehead atoms. The van der Waals surface area contributed by atoms with Gasteiger partial charge in [-0.15, -0.1) is 0 Å². The molecule has 0 rings (SSSR count). The van der Waals surface area contributed by atoms with Gasteiger partial charge in [0.2, 0.25) is 0 Å². The Kier molecular flexibility index (Phi) is 16.9. The van der Waals surface area contributed by atoms with Crippen LogP contribution in [0.1, 0.15) is 0 Å². The van der Waals surface area contributed by atoms with Gasteiger partial charge in [-0.05, 0) is 0 Å². The molecule has 0 aromatic rings. The van der Waals surface area contributed by atoms with Crippen LogP contribution in [-0.2, 0) is 0 Å². The van der Waals surface area contributed by atoms with Gasteiger partial charge >= 0.3 is 26.2 Å². The van der Waals surface area contributed by atoms with E-state index in [1.165, 1.54) is 0 Å². The van der Waals surface area contributed by atoms with Crippen LogP contribution in [0.25, 0.3) is 16.2 Å². The Hall–Kier alpha value is 1.41. The van der Waals surface area contributed by atoms with Gasteiger partial charge in [0.25, 0.3) is 0 Å². The van der Waals surface area contributed by atoms with Crippen LogP contribution in [0.4, 0.5) is 0 Å². The van der Waals surface area contributed by atoms with Gasteiger partial charge in [-0.3, -0.25) is 0 Å². The topological polar surface area (TPSA) is 71.4 Å². The molecule has 0 heterocycles. The summed E-state index contributed by atoms with van der Waals surface area (Å²) in [4.78, 5) is 0. The predicted octanol–water partition coefficient (Wildman–Crippen LogP) is 5.24. The average molecular weight is 474 g/mol. The minimum atomic E-state index is -1.36. The van der Waals surface area contributed by atoms with E-state index in [1.54, 1.807) is 0 Å². The van der Waals surface area contributed by atoms with Crippen LogP contribution in [0.3, 0.4) is 0 Å². The second-order valence-electron chi connectivity index (χ2n) is 6.75. The largest absolute Gasteiger partial charge is 3.00 e. The summed E-state index contributed by atoms with van der Waals surface area (Å²) in [6.07, 6.45) is 0. The van der Waals surface area contributed by atoms with Gasteiger partial charge in [-0.2, -0.15) is 0 Å². The molecule has 0 unspecified atom stereocenters. The van der Waals surface area contributed by atoms with Crippen molar-refractivity contribution in [1.29, 1.82) is 0 Å². The van der Waals surface area contributed by atoms with Crippen molar-refractivity contribution in [3.63, 3.8) is 0 Å². The molecule has 0 saturated heterocycles. The zero-order chi connectivity index (χ0) is 13.5. The minimum Gasteiger partial charge on any atom is -0.680 e. The van der Waals surface area contributed by atoms with Gasteiger partial charge in [0.05, 0.1) is 0 Å². The molecule has 0 aliphatic rings. The fourth-order valence-corrected chi connectivity index (χ4v) is 0. The molecule has 98 valence electrons. The maximum Gasteiger partial charge on any atom is 3.00 e. The summed E-state index contributed by atoms with van der Waals surface area (Å²) < 4.78 is 0. The minimum absolute atomic E-state index is 0. The van der Waals surface area contributed by atoms with Crippen LogP contribution < -0.4 is 0 Å². The summed E-state index contributed by atoms with van der Waals surface area (Å²) >= 11 is 0. The number of rotatable bonds is 0. The number of hydrogen-bond acceptors (Lipinski definition) is 0. The standard InChI is InChI=1S/3C3H10NSi.Bi/c3*1-5(2,3)4;/h3*4H,1-3H3;/q3*-1;+3. The van der Waals surface area contributed by atoms with E-state index in [0.29, 0.717) is 0 Å². The molecule has 0 atom stereocenters. The summed E-state index contributed by atoms with van der Waals surface area (Å²) in [5.74, 6) is 0. The summed E-state index contributed by atoms with van der Waals surface area (Å²) in [6.45, 7) is 17.9. The number of hydrogen-bond donors (Lipinski definition) is 0. The summed E-state index contributed by atoms with van der Waals surface area (Å²) in [5, 5.41) is 21.2. The first kappa shape index (κ1) is 26.1. The second-order valence-corrected chi connectivity index (χ2v) is 20.2. The molecule has 3 nitrogen and oxygen atoms in total. The molecule has 3 N–H and O–H groups in total. The third-order valence-corrected chi connectivity index (χ3v) is 0. The van der Waals surface area contributed by atoms with Crippen molar-refractivity contribution >= 4 is 50.9 Å². The van der Waals surface area contributed by atoms with E-state index in [9.17, 15) is 0 Å². The quantitative estimate of drug-likeness (QED) is 0.432. The van der Waals surface area contributed by atoms with E-state index in [1.807, 2.05) is 58.9 Å². The van der Waals surface area contributed by atoms with Crippen LogP contribution in [0, 0.1) is 0 Å². The second kappa shape index (κ2) is 10.3. The Bertz CT molecular complexity index is 101. The van der Waals surface area contributed by atoms with Gasteiger partial charge < -0.3 is 16.2 Å². The maximum absolute atomic E-state index is 7.08. The third kappa shape index (κ3) is 1600. The van der Waals surface area contributed by atoms with Crippen LogP contribution in [0.15, 0.2) is 0 Å². The first-order valence-corrected chi connectivity index (χ1v) is 15.8. The fourth-order valence-electron chi connectivity index (χ4n) is 0. The van der Waals surface area contributed by atoms with Crippen LogP contribution >= 0.6 is 0 Å². The van der Waals surface area contributed by atoms with Gasteiger partial charge in [0, 0.05) is 0 Å². The molecule has 0 aromatic heterocycles. The van der Waals surface area contributed by atoms with E-state index < -0.39 is 24.7 Å². The fraction of sp³-hybridized carbons (Fsp3) is 1.00. The maximum atomic E-state index is 7.08. The van der Waals surface area contributed by atoms with Crippen molar-refractivity contribution < 1.29 is 0 Å². The Morgan fingerprint density at radius 3 is 0.438 bits per heavy atom. The summed E-state index contributed by atoms with van der Waals surface area (Å²) in [7, 11) is -4.08. The van der Waals surface area contributed by atoms with E-state index in [2.05, 4.69) is 0 Å². The van der Waals surface area contributed by atoms with Gasteiger partial charge in [-0.25, -0.2) is 0 Å². The molecule has 0 saturated carbocycles. The van der Waals surface area contributed by atoms with E-state index >= 15 is 0 Å². The van der Waals surface area contributed by atoms with E-state index in [4.69, 9.17) is 16.2 Å². The molecule has 0 amide bonds. The van der Waals surface area contributed by atoms with Crippen molar-refractivity contribution in [2.45, 2.75) is 58.9 Å². The Morgan fingerprint density at radius 1 is 0.438 bits per heavy atom.